The second-order valence-corrected chi connectivity index (χ2v) is 4.38. The molecule has 0 aliphatic heterocycles. The highest BCUT2D eigenvalue weighted by Gasteiger charge is 2.01. The van der Waals surface area contributed by atoms with Crippen molar-refractivity contribution in [1.82, 2.24) is 4.57 Å². The van der Waals surface area contributed by atoms with Gasteiger partial charge in [0, 0.05) is 27.4 Å². The monoisotopic (exact) mass is 298 g/mol. The summed E-state index contributed by atoms with van der Waals surface area (Å²) in [6.45, 7) is 0. The van der Waals surface area contributed by atoms with Gasteiger partial charge in [-0.15, -0.1) is 0 Å². The Bertz CT molecular complexity index is 407. The smallest absolute Gasteiger partial charge is 0.0603 e. The molecule has 1 aromatic heterocycles. The lowest BCUT2D eigenvalue weighted by Gasteiger charge is -2.05. The van der Waals surface area contributed by atoms with Crippen molar-refractivity contribution in [2.75, 3.05) is 0 Å². The molecule has 0 fully saturated rings. The molecule has 0 N–H and O–H groups in total. The van der Waals surface area contributed by atoms with Gasteiger partial charge in [-0.1, -0.05) is 15.9 Å². The number of nitrogens with zero attached hydrogens (tertiary/aromatic N) is 1. The molecule has 0 aliphatic rings. The van der Waals surface area contributed by atoms with E-state index in [0.29, 0.717) is 0 Å². The highest BCUT2D eigenvalue weighted by atomic mass is 79.9. The number of hydrogen-bond donors (Lipinski definition) is 0. The fourth-order valence-electron chi connectivity index (χ4n) is 1.12. The topological polar surface area (TPSA) is 4.93 Å². The zero-order valence-corrected chi connectivity index (χ0v) is 9.84. The SMILES string of the molecule is Brc1ccc(Br)c(-n2c[c]cc2)c1. The van der Waals surface area contributed by atoms with E-state index in [4.69, 9.17) is 0 Å². The predicted octanol–water partition coefficient (Wildman–Crippen LogP) is 3.80. The molecule has 1 heterocycles. The van der Waals surface area contributed by atoms with Crippen LogP contribution in [0.25, 0.3) is 5.69 Å². The molecule has 0 spiro atoms. The highest BCUT2D eigenvalue weighted by molar-refractivity contribution is 9.11. The van der Waals surface area contributed by atoms with E-state index in [0.717, 1.165) is 14.6 Å². The Hall–Kier alpha value is -0.540. The largest absolute Gasteiger partial charge is 0.322 e. The molecule has 2 rings (SSSR count). The summed E-state index contributed by atoms with van der Waals surface area (Å²) >= 11 is 6.93. The third kappa shape index (κ3) is 1.86. The fourth-order valence-corrected chi connectivity index (χ4v) is 1.92. The molecular formula is C10H6Br2N. The van der Waals surface area contributed by atoms with Gasteiger partial charge in [-0.2, -0.15) is 0 Å². The van der Waals surface area contributed by atoms with Gasteiger partial charge in [0.25, 0.3) is 0 Å². The quantitative estimate of drug-likeness (QED) is 0.755. The van der Waals surface area contributed by atoms with Gasteiger partial charge in [0.05, 0.1) is 5.69 Å². The molecule has 0 saturated carbocycles. The van der Waals surface area contributed by atoms with Crippen molar-refractivity contribution in [2.24, 2.45) is 0 Å². The molecule has 13 heavy (non-hydrogen) atoms. The second-order valence-electron chi connectivity index (χ2n) is 2.61. The van der Waals surface area contributed by atoms with E-state index >= 15 is 0 Å². The Morgan fingerprint density at radius 3 is 2.77 bits per heavy atom. The normalized spacial score (nSPS) is 10.3. The minimum absolute atomic E-state index is 1.07. The number of halogens is 2. The Morgan fingerprint density at radius 2 is 2.08 bits per heavy atom. The first-order valence-corrected chi connectivity index (χ1v) is 5.35. The first-order valence-electron chi connectivity index (χ1n) is 3.77. The number of rotatable bonds is 1. The summed E-state index contributed by atoms with van der Waals surface area (Å²) in [7, 11) is 0. The Morgan fingerprint density at radius 1 is 1.23 bits per heavy atom. The van der Waals surface area contributed by atoms with Gasteiger partial charge in [0.2, 0.25) is 0 Å². The lowest BCUT2D eigenvalue weighted by Crippen LogP contribution is -1.90. The average Bonchev–Trinajstić information content (AvgIpc) is 2.61. The van der Waals surface area contributed by atoms with Crippen LogP contribution in [0, 0.1) is 6.07 Å². The van der Waals surface area contributed by atoms with Crippen LogP contribution < -0.4 is 0 Å². The Labute approximate surface area is 93.6 Å². The maximum absolute atomic E-state index is 3.50. The number of hydrogen-bond acceptors (Lipinski definition) is 0. The van der Waals surface area contributed by atoms with E-state index in [-0.39, 0.29) is 0 Å². The van der Waals surface area contributed by atoms with E-state index in [1.165, 1.54) is 0 Å². The molecule has 0 atom stereocenters. The van der Waals surface area contributed by atoms with Crippen LogP contribution in [0.3, 0.4) is 0 Å². The van der Waals surface area contributed by atoms with Crippen molar-refractivity contribution in [2.45, 2.75) is 0 Å². The van der Waals surface area contributed by atoms with Crippen LogP contribution in [-0.2, 0) is 0 Å². The third-order valence-corrected chi connectivity index (χ3v) is 2.90. The molecule has 2 aromatic rings. The highest BCUT2D eigenvalue weighted by Crippen LogP contribution is 2.24. The predicted molar refractivity (Wildman–Crippen MR) is 60.0 cm³/mol. The van der Waals surface area contributed by atoms with Crippen LogP contribution in [0.5, 0.6) is 0 Å². The first kappa shape index (κ1) is 9.03. The lowest BCUT2D eigenvalue weighted by molar-refractivity contribution is 1.07. The van der Waals surface area contributed by atoms with E-state index < -0.39 is 0 Å². The maximum atomic E-state index is 3.50. The summed E-state index contributed by atoms with van der Waals surface area (Å²) in [5.74, 6) is 0. The molecule has 0 amide bonds. The fraction of sp³-hybridized carbons (Fsp3) is 0. The van der Waals surface area contributed by atoms with Gasteiger partial charge in [-0.3, -0.25) is 0 Å². The molecule has 0 aliphatic carbocycles. The van der Waals surface area contributed by atoms with Crippen molar-refractivity contribution in [3.8, 4) is 5.69 Å². The second kappa shape index (κ2) is 3.68. The zero-order valence-electron chi connectivity index (χ0n) is 6.67. The van der Waals surface area contributed by atoms with Crippen LogP contribution in [0.2, 0.25) is 0 Å². The van der Waals surface area contributed by atoms with E-state index in [9.17, 15) is 0 Å². The molecule has 1 aromatic carbocycles. The molecule has 1 radical (unpaired) electrons. The molecule has 0 unspecified atom stereocenters. The van der Waals surface area contributed by atoms with Crippen LogP contribution in [0.15, 0.2) is 45.6 Å². The van der Waals surface area contributed by atoms with Crippen molar-refractivity contribution in [3.63, 3.8) is 0 Å². The Balaban J connectivity index is 2.57. The van der Waals surface area contributed by atoms with Gasteiger partial charge in [0.1, 0.15) is 0 Å². The van der Waals surface area contributed by atoms with Gasteiger partial charge in [0.15, 0.2) is 0 Å². The summed E-state index contributed by atoms with van der Waals surface area (Å²) in [6.07, 6.45) is 3.86. The first-order chi connectivity index (χ1) is 6.27. The number of benzene rings is 1. The average molecular weight is 300 g/mol. The van der Waals surface area contributed by atoms with Gasteiger partial charge < -0.3 is 4.57 Å². The lowest BCUT2D eigenvalue weighted by atomic mass is 10.3. The van der Waals surface area contributed by atoms with Crippen LogP contribution in [0.4, 0.5) is 0 Å². The van der Waals surface area contributed by atoms with E-state index in [1.54, 1.807) is 0 Å². The standard InChI is InChI=1S/C10H6Br2N/c11-8-3-4-9(12)10(7-8)13-5-1-2-6-13/h1,3-7H. The summed E-state index contributed by atoms with van der Waals surface area (Å²) in [4.78, 5) is 0. The molecule has 3 heteroatoms. The minimum atomic E-state index is 1.07. The van der Waals surface area contributed by atoms with Crippen LogP contribution in [-0.4, -0.2) is 4.57 Å². The van der Waals surface area contributed by atoms with E-state index in [1.807, 2.05) is 35.2 Å². The van der Waals surface area contributed by atoms with Crippen LogP contribution >= 0.6 is 31.9 Å². The molecular weight excluding hydrogens is 294 g/mol. The molecule has 65 valence electrons. The summed E-state index contributed by atoms with van der Waals surface area (Å²) in [5.41, 5.74) is 1.11. The molecule has 1 nitrogen and oxygen atoms in total. The number of aromatic nitrogens is 1. The molecule has 0 bridgehead atoms. The maximum Gasteiger partial charge on any atom is 0.0603 e. The van der Waals surface area contributed by atoms with Crippen molar-refractivity contribution < 1.29 is 0 Å². The van der Waals surface area contributed by atoms with Crippen molar-refractivity contribution in [1.29, 1.82) is 0 Å². The molecule has 0 saturated heterocycles. The van der Waals surface area contributed by atoms with Gasteiger partial charge in [-0.05, 0) is 40.2 Å². The van der Waals surface area contributed by atoms with Gasteiger partial charge >= 0.3 is 0 Å². The minimum Gasteiger partial charge on any atom is -0.322 e. The van der Waals surface area contributed by atoms with E-state index in [2.05, 4.69) is 44.0 Å². The summed E-state index contributed by atoms with van der Waals surface area (Å²) < 4.78 is 4.15. The van der Waals surface area contributed by atoms with Crippen molar-refractivity contribution in [3.05, 3.63) is 51.7 Å². The third-order valence-electron chi connectivity index (χ3n) is 1.73. The summed E-state index contributed by atoms with van der Waals surface area (Å²) in [5, 5.41) is 0. The zero-order chi connectivity index (χ0) is 9.26. The Kier molecular flexibility index (Phi) is 2.56. The van der Waals surface area contributed by atoms with Crippen LogP contribution in [0.1, 0.15) is 0 Å². The summed E-state index contributed by atoms with van der Waals surface area (Å²) in [6, 6.07) is 11.0. The van der Waals surface area contributed by atoms with Crippen molar-refractivity contribution >= 4 is 31.9 Å². The van der Waals surface area contributed by atoms with Gasteiger partial charge in [-0.25, -0.2) is 0 Å².